The van der Waals surface area contributed by atoms with E-state index in [4.69, 9.17) is 9.47 Å². The van der Waals surface area contributed by atoms with Crippen LogP contribution in [0.2, 0.25) is 0 Å². The van der Waals surface area contributed by atoms with E-state index in [2.05, 4.69) is 17.1 Å². The fourth-order valence-electron chi connectivity index (χ4n) is 4.63. The zero-order chi connectivity index (χ0) is 20.6. The number of nitrogens with zero attached hydrogens (tertiary/aromatic N) is 2. The maximum atomic E-state index is 13.4. The highest BCUT2D eigenvalue weighted by Crippen LogP contribution is 2.41. The molecule has 158 valence electrons. The molecule has 3 heterocycles. The molecule has 0 radical (unpaired) electrons. The first-order chi connectivity index (χ1) is 13.9. The maximum absolute atomic E-state index is 13.4. The Morgan fingerprint density at radius 3 is 2.28 bits per heavy atom. The summed E-state index contributed by atoms with van der Waals surface area (Å²) in [5, 5.41) is 6.88. The molecule has 1 N–H and O–H groups in total. The molecule has 3 atom stereocenters. The van der Waals surface area contributed by atoms with Crippen LogP contribution in [-0.2, 0) is 10.0 Å². The van der Waals surface area contributed by atoms with Gasteiger partial charge < -0.3 is 9.47 Å². The molecule has 2 saturated heterocycles. The molecule has 29 heavy (non-hydrogen) atoms. The van der Waals surface area contributed by atoms with Crippen molar-refractivity contribution in [1.82, 2.24) is 14.5 Å². The highest BCUT2D eigenvalue weighted by molar-refractivity contribution is 7.89. The summed E-state index contributed by atoms with van der Waals surface area (Å²) in [6.07, 6.45) is 4.17. The van der Waals surface area contributed by atoms with Crippen LogP contribution in [0.1, 0.15) is 50.4 Å². The van der Waals surface area contributed by atoms with E-state index in [1.165, 1.54) is 0 Å². The summed E-state index contributed by atoms with van der Waals surface area (Å²) in [5.41, 5.74) is 1.14. The minimum Gasteiger partial charge on any atom is -0.494 e. The Labute approximate surface area is 172 Å². The second-order valence-electron chi connectivity index (χ2n) is 8.01. The standard InChI is InChI=1S/C21H29N3O4S/c1-4-11-27-18-7-9-19(10-8-18)28-20-12-16-5-6-17(13-20)24(16)29(25,26)21-14(2)22-23-15(21)3/h7-10,16-17,20H,4-6,11-13H2,1-3H3,(H,22,23)/t16-,17+,20?. The number of sulfonamides is 1. The second-order valence-corrected chi connectivity index (χ2v) is 9.79. The molecule has 0 spiro atoms. The molecule has 4 rings (SSSR count). The molecule has 2 fully saturated rings. The van der Waals surface area contributed by atoms with Crippen molar-refractivity contribution in [2.75, 3.05) is 6.61 Å². The van der Waals surface area contributed by atoms with Crippen molar-refractivity contribution < 1.29 is 17.9 Å². The highest BCUT2D eigenvalue weighted by atomic mass is 32.2. The molecule has 1 aromatic heterocycles. The third kappa shape index (κ3) is 3.88. The molecule has 1 unspecified atom stereocenters. The molecule has 0 amide bonds. The van der Waals surface area contributed by atoms with Crippen molar-refractivity contribution in [3.05, 3.63) is 35.7 Å². The quantitative estimate of drug-likeness (QED) is 0.742. The summed E-state index contributed by atoms with van der Waals surface area (Å²) in [6, 6.07) is 7.64. The number of aryl methyl sites for hydroxylation is 2. The van der Waals surface area contributed by atoms with Gasteiger partial charge in [-0.25, -0.2) is 8.42 Å². The average molecular weight is 420 g/mol. The minimum atomic E-state index is -3.56. The number of fused-ring (bicyclic) bond motifs is 2. The summed E-state index contributed by atoms with van der Waals surface area (Å²) in [7, 11) is -3.56. The second kappa shape index (κ2) is 7.99. The molecule has 0 saturated carbocycles. The Morgan fingerprint density at radius 1 is 1.10 bits per heavy atom. The number of piperidine rings is 1. The molecule has 2 aliphatic rings. The maximum Gasteiger partial charge on any atom is 0.247 e. The normalized spacial score (nSPS) is 24.6. The molecule has 2 aromatic rings. The predicted octanol–water partition coefficient (Wildman–Crippen LogP) is 3.58. The number of ether oxygens (including phenoxy) is 2. The number of hydrogen-bond acceptors (Lipinski definition) is 5. The SMILES string of the molecule is CCCOc1ccc(OC2C[C@H]3CC[C@@H](C2)N3S(=O)(=O)c2c(C)n[nH]c2C)cc1. The lowest BCUT2D eigenvalue weighted by Gasteiger charge is -2.37. The van der Waals surface area contributed by atoms with Gasteiger partial charge in [-0.2, -0.15) is 9.40 Å². The van der Waals surface area contributed by atoms with Crippen molar-refractivity contribution in [2.24, 2.45) is 0 Å². The van der Waals surface area contributed by atoms with Crippen LogP contribution < -0.4 is 9.47 Å². The summed E-state index contributed by atoms with van der Waals surface area (Å²) >= 11 is 0. The van der Waals surface area contributed by atoms with Gasteiger partial charge in [0.05, 0.1) is 18.0 Å². The topological polar surface area (TPSA) is 84.5 Å². The summed E-state index contributed by atoms with van der Waals surface area (Å²) < 4.78 is 40.2. The van der Waals surface area contributed by atoms with E-state index < -0.39 is 10.0 Å². The Kier molecular flexibility index (Phi) is 5.57. The molecule has 0 aliphatic carbocycles. The summed E-state index contributed by atoms with van der Waals surface area (Å²) in [5.74, 6) is 1.64. The van der Waals surface area contributed by atoms with E-state index in [-0.39, 0.29) is 18.2 Å². The lowest BCUT2D eigenvalue weighted by atomic mass is 10.0. The first kappa shape index (κ1) is 20.2. The van der Waals surface area contributed by atoms with Crippen molar-refractivity contribution >= 4 is 10.0 Å². The number of hydrogen-bond donors (Lipinski definition) is 1. The van der Waals surface area contributed by atoms with Crippen molar-refractivity contribution in [3.63, 3.8) is 0 Å². The van der Waals surface area contributed by atoms with E-state index >= 15 is 0 Å². The summed E-state index contributed by atoms with van der Waals surface area (Å²) in [6.45, 7) is 6.28. The largest absolute Gasteiger partial charge is 0.494 e. The highest BCUT2D eigenvalue weighted by Gasteiger charge is 2.48. The fourth-order valence-corrected chi connectivity index (χ4v) is 6.86. The van der Waals surface area contributed by atoms with Crippen LogP contribution in [0.15, 0.2) is 29.2 Å². The Hall–Kier alpha value is -2.06. The Bertz CT molecular complexity index is 921. The zero-order valence-corrected chi connectivity index (χ0v) is 18.0. The van der Waals surface area contributed by atoms with Gasteiger partial charge in [-0.1, -0.05) is 6.92 Å². The molecule has 8 heteroatoms. The average Bonchev–Trinajstić information content (AvgIpc) is 3.18. The number of benzene rings is 1. The van der Waals surface area contributed by atoms with E-state index in [9.17, 15) is 8.42 Å². The molecule has 7 nitrogen and oxygen atoms in total. The van der Waals surface area contributed by atoms with Gasteiger partial charge in [0.1, 0.15) is 22.5 Å². The van der Waals surface area contributed by atoms with Crippen LogP contribution in [0, 0.1) is 13.8 Å². The third-order valence-electron chi connectivity index (χ3n) is 5.82. The number of aromatic amines is 1. The minimum absolute atomic E-state index is 0.0212. The van der Waals surface area contributed by atoms with Gasteiger partial charge >= 0.3 is 0 Å². The van der Waals surface area contributed by atoms with Gasteiger partial charge in [0.25, 0.3) is 0 Å². The van der Waals surface area contributed by atoms with Crippen LogP contribution in [-0.4, -0.2) is 47.7 Å². The van der Waals surface area contributed by atoms with Crippen LogP contribution in [0.5, 0.6) is 11.5 Å². The van der Waals surface area contributed by atoms with Gasteiger partial charge in [-0.15, -0.1) is 0 Å². The van der Waals surface area contributed by atoms with E-state index in [1.54, 1.807) is 18.2 Å². The van der Waals surface area contributed by atoms with Crippen LogP contribution >= 0.6 is 0 Å². The van der Waals surface area contributed by atoms with Crippen LogP contribution in [0.3, 0.4) is 0 Å². The van der Waals surface area contributed by atoms with Crippen molar-refractivity contribution in [3.8, 4) is 11.5 Å². The Balaban J connectivity index is 1.45. The number of aromatic nitrogens is 2. The number of nitrogens with one attached hydrogen (secondary N) is 1. The van der Waals surface area contributed by atoms with Crippen LogP contribution in [0.4, 0.5) is 0 Å². The number of rotatable bonds is 7. The first-order valence-electron chi connectivity index (χ1n) is 10.3. The summed E-state index contributed by atoms with van der Waals surface area (Å²) in [4.78, 5) is 0.330. The van der Waals surface area contributed by atoms with Gasteiger partial charge in [-0.3, -0.25) is 5.10 Å². The lowest BCUT2D eigenvalue weighted by molar-refractivity contribution is 0.0955. The molecule has 1 aromatic carbocycles. The molecular formula is C21H29N3O4S. The Morgan fingerprint density at radius 2 is 1.72 bits per heavy atom. The van der Waals surface area contributed by atoms with Crippen molar-refractivity contribution in [2.45, 2.75) is 76.0 Å². The third-order valence-corrected chi connectivity index (χ3v) is 8.09. The van der Waals surface area contributed by atoms with Crippen molar-refractivity contribution in [1.29, 1.82) is 0 Å². The van der Waals surface area contributed by atoms with E-state index in [0.29, 0.717) is 35.7 Å². The first-order valence-corrected chi connectivity index (χ1v) is 11.8. The lowest BCUT2D eigenvalue weighted by Crippen LogP contribution is -2.49. The monoisotopic (exact) mass is 419 g/mol. The van der Waals surface area contributed by atoms with Crippen LogP contribution in [0.25, 0.3) is 0 Å². The number of H-pyrrole nitrogens is 1. The van der Waals surface area contributed by atoms with Gasteiger partial charge in [-0.05, 0) is 57.4 Å². The van der Waals surface area contributed by atoms with Gasteiger partial charge in [0.2, 0.25) is 10.0 Å². The van der Waals surface area contributed by atoms with Gasteiger partial charge in [0, 0.05) is 24.9 Å². The molecule has 2 aliphatic heterocycles. The fraction of sp³-hybridized carbons (Fsp3) is 0.571. The van der Waals surface area contributed by atoms with Gasteiger partial charge in [0.15, 0.2) is 0 Å². The van der Waals surface area contributed by atoms with E-state index in [1.807, 2.05) is 24.3 Å². The zero-order valence-electron chi connectivity index (χ0n) is 17.2. The van der Waals surface area contributed by atoms with E-state index in [0.717, 1.165) is 30.8 Å². The molecule has 2 bridgehead atoms. The molecular weight excluding hydrogens is 390 g/mol. The predicted molar refractivity (Wildman–Crippen MR) is 110 cm³/mol. The smallest absolute Gasteiger partial charge is 0.247 e.